The molecular formula is C15H19FN2O4. The van der Waals surface area contributed by atoms with Gasteiger partial charge in [0, 0.05) is 12.8 Å². The predicted molar refractivity (Wildman–Crippen MR) is 77.1 cm³/mol. The van der Waals surface area contributed by atoms with Gasteiger partial charge in [0.2, 0.25) is 11.8 Å². The third-order valence-corrected chi connectivity index (χ3v) is 2.92. The molecule has 0 aliphatic heterocycles. The van der Waals surface area contributed by atoms with Crippen LogP contribution in [0.25, 0.3) is 0 Å². The Hall–Kier alpha value is -2.44. The number of nitrogens with one attached hydrogen (secondary N) is 1. The van der Waals surface area contributed by atoms with E-state index in [1.807, 2.05) is 0 Å². The SMILES string of the molecule is CCOC(=O)CCC(=O)N[C@@H](Cc1ccccc1F)C(N)=O. The highest BCUT2D eigenvalue weighted by Gasteiger charge is 2.20. The molecule has 0 saturated carbocycles. The van der Waals surface area contributed by atoms with Crippen molar-refractivity contribution in [1.29, 1.82) is 0 Å². The molecule has 1 atom stereocenters. The average molecular weight is 310 g/mol. The van der Waals surface area contributed by atoms with E-state index < -0.39 is 29.6 Å². The fourth-order valence-electron chi connectivity index (χ4n) is 1.82. The highest BCUT2D eigenvalue weighted by atomic mass is 19.1. The number of hydrogen-bond acceptors (Lipinski definition) is 4. The van der Waals surface area contributed by atoms with Gasteiger partial charge < -0.3 is 15.8 Å². The van der Waals surface area contributed by atoms with Gasteiger partial charge in [-0.1, -0.05) is 18.2 Å². The fraction of sp³-hybridized carbons (Fsp3) is 0.400. The van der Waals surface area contributed by atoms with Crippen LogP contribution in [0.2, 0.25) is 0 Å². The summed E-state index contributed by atoms with van der Waals surface area (Å²) in [7, 11) is 0. The zero-order valence-electron chi connectivity index (χ0n) is 12.3. The van der Waals surface area contributed by atoms with Gasteiger partial charge in [0.15, 0.2) is 0 Å². The topological polar surface area (TPSA) is 98.5 Å². The second-order valence-electron chi connectivity index (χ2n) is 4.62. The van der Waals surface area contributed by atoms with E-state index in [2.05, 4.69) is 5.32 Å². The number of halogens is 1. The van der Waals surface area contributed by atoms with Gasteiger partial charge in [0.1, 0.15) is 11.9 Å². The minimum Gasteiger partial charge on any atom is -0.466 e. The lowest BCUT2D eigenvalue weighted by Crippen LogP contribution is -2.46. The number of carbonyl (C=O) groups is 3. The van der Waals surface area contributed by atoms with Crippen molar-refractivity contribution in [2.75, 3.05) is 6.61 Å². The van der Waals surface area contributed by atoms with Gasteiger partial charge in [0.25, 0.3) is 0 Å². The van der Waals surface area contributed by atoms with Crippen molar-refractivity contribution >= 4 is 17.8 Å². The van der Waals surface area contributed by atoms with Crippen LogP contribution in [-0.2, 0) is 25.5 Å². The first-order valence-corrected chi connectivity index (χ1v) is 6.91. The van der Waals surface area contributed by atoms with E-state index in [0.717, 1.165) is 0 Å². The molecule has 1 aromatic rings. The number of ether oxygens (including phenoxy) is 1. The maximum absolute atomic E-state index is 13.6. The summed E-state index contributed by atoms with van der Waals surface area (Å²) in [5.41, 5.74) is 5.49. The maximum atomic E-state index is 13.6. The Kier molecular flexibility index (Phi) is 7.01. The zero-order valence-corrected chi connectivity index (χ0v) is 12.3. The van der Waals surface area contributed by atoms with Crippen molar-refractivity contribution in [1.82, 2.24) is 5.32 Å². The number of carbonyl (C=O) groups excluding carboxylic acids is 3. The van der Waals surface area contributed by atoms with E-state index in [1.165, 1.54) is 18.2 Å². The molecule has 0 unspecified atom stereocenters. The van der Waals surface area contributed by atoms with Crippen LogP contribution >= 0.6 is 0 Å². The first kappa shape index (κ1) is 17.6. The number of hydrogen-bond donors (Lipinski definition) is 2. The molecule has 1 rings (SSSR count). The molecule has 0 aromatic heterocycles. The smallest absolute Gasteiger partial charge is 0.306 e. The van der Waals surface area contributed by atoms with Crippen LogP contribution in [0.4, 0.5) is 4.39 Å². The minimum atomic E-state index is -1.04. The Bertz CT molecular complexity index is 548. The lowest BCUT2D eigenvalue weighted by Gasteiger charge is -2.16. The molecule has 3 N–H and O–H groups in total. The third-order valence-electron chi connectivity index (χ3n) is 2.92. The molecule has 0 bridgehead atoms. The number of rotatable bonds is 8. The van der Waals surface area contributed by atoms with Gasteiger partial charge in [-0.2, -0.15) is 0 Å². The van der Waals surface area contributed by atoms with E-state index in [0.29, 0.717) is 0 Å². The summed E-state index contributed by atoms with van der Waals surface area (Å²) in [6, 6.07) is 4.88. The Morgan fingerprint density at radius 2 is 1.95 bits per heavy atom. The average Bonchev–Trinajstić information content (AvgIpc) is 2.47. The molecule has 120 valence electrons. The summed E-state index contributed by atoms with van der Waals surface area (Å²) in [5.74, 6) is -2.27. The second kappa shape index (κ2) is 8.76. The van der Waals surface area contributed by atoms with Crippen LogP contribution in [0.5, 0.6) is 0 Å². The molecule has 7 heteroatoms. The number of nitrogens with two attached hydrogens (primary N) is 1. The summed E-state index contributed by atoms with van der Waals surface area (Å²) in [6.07, 6.45) is -0.266. The van der Waals surface area contributed by atoms with Gasteiger partial charge in [-0.15, -0.1) is 0 Å². The number of primary amides is 1. The summed E-state index contributed by atoms with van der Waals surface area (Å²) >= 11 is 0. The number of esters is 1. The first-order valence-electron chi connectivity index (χ1n) is 6.91. The normalized spacial score (nSPS) is 11.5. The molecule has 0 fully saturated rings. The Balaban J connectivity index is 2.58. The van der Waals surface area contributed by atoms with Crippen LogP contribution in [0, 0.1) is 5.82 Å². The molecule has 1 aromatic carbocycles. The molecule has 0 aliphatic carbocycles. The molecule has 0 heterocycles. The lowest BCUT2D eigenvalue weighted by atomic mass is 10.0. The molecule has 0 spiro atoms. The van der Waals surface area contributed by atoms with Gasteiger partial charge in [-0.25, -0.2) is 4.39 Å². The third kappa shape index (κ3) is 5.90. The Morgan fingerprint density at radius 1 is 1.27 bits per heavy atom. The van der Waals surface area contributed by atoms with Crippen molar-refractivity contribution in [2.45, 2.75) is 32.2 Å². The highest BCUT2D eigenvalue weighted by Crippen LogP contribution is 2.09. The summed E-state index contributed by atoms with van der Waals surface area (Å²) < 4.78 is 18.3. The predicted octanol–water partition coefficient (Wildman–Crippen LogP) is 0.682. The van der Waals surface area contributed by atoms with Gasteiger partial charge in [-0.05, 0) is 18.6 Å². The van der Waals surface area contributed by atoms with Crippen molar-refractivity contribution in [3.05, 3.63) is 35.6 Å². The Labute approximate surface area is 127 Å². The van der Waals surface area contributed by atoms with Crippen LogP contribution in [0.3, 0.4) is 0 Å². The standard InChI is InChI=1S/C15H19FN2O4/c1-2-22-14(20)8-7-13(19)18-12(15(17)21)9-10-5-3-4-6-11(10)16/h3-6,12H,2,7-9H2,1H3,(H2,17,21)(H,18,19)/t12-/m0/s1. The summed E-state index contributed by atoms with van der Waals surface area (Å²) in [4.78, 5) is 34.3. The molecule has 2 amide bonds. The van der Waals surface area contributed by atoms with E-state index in [1.54, 1.807) is 13.0 Å². The monoisotopic (exact) mass is 310 g/mol. The van der Waals surface area contributed by atoms with Crippen LogP contribution in [0.15, 0.2) is 24.3 Å². The fourth-order valence-corrected chi connectivity index (χ4v) is 1.82. The molecule has 6 nitrogen and oxygen atoms in total. The second-order valence-corrected chi connectivity index (χ2v) is 4.62. The van der Waals surface area contributed by atoms with Crippen molar-refractivity contribution in [3.8, 4) is 0 Å². The van der Waals surface area contributed by atoms with Gasteiger partial charge >= 0.3 is 5.97 Å². The van der Waals surface area contributed by atoms with E-state index >= 15 is 0 Å². The van der Waals surface area contributed by atoms with Crippen LogP contribution in [0.1, 0.15) is 25.3 Å². The Morgan fingerprint density at radius 3 is 2.55 bits per heavy atom. The van der Waals surface area contributed by atoms with Crippen LogP contribution in [-0.4, -0.2) is 30.4 Å². The van der Waals surface area contributed by atoms with E-state index in [-0.39, 0.29) is 31.4 Å². The van der Waals surface area contributed by atoms with E-state index in [9.17, 15) is 18.8 Å². The van der Waals surface area contributed by atoms with Crippen molar-refractivity contribution in [3.63, 3.8) is 0 Å². The van der Waals surface area contributed by atoms with Crippen molar-refractivity contribution < 1.29 is 23.5 Å². The first-order chi connectivity index (χ1) is 10.4. The van der Waals surface area contributed by atoms with Gasteiger partial charge in [0.05, 0.1) is 13.0 Å². The zero-order chi connectivity index (χ0) is 16.5. The molecule has 22 heavy (non-hydrogen) atoms. The summed E-state index contributed by atoms with van der Waals surface area (Å²) in [5, 5.41) is 2.40. The highest BCUT2D eigenvalue weighted by molar-refractivity contribution is 5.88. The maximum Gasteiger partial charge on any atom is 0.306 e. The summed E-state index contributed by atoms with van der Waals surface area (Å²) in [6.45, 7) is 1.90. The molecule has 0 radical (unpaired) electrons. The number of benzene rings is 1. The number of amides is 2. The lowest BCUT2D eigenvalue weighted by molar-refractivity contribution is -0.144. The van der Waals surface area contributed by atoms with Gasteiger partial charge in [-0.3, -0.25) is 14.4 Å². The largest absolute Gasteiger partial charge is 0.466 e. The minimum absolute atomic E-state index is 0.0485. The van der Waals surface area contributed by atoms with E-state index in [4.69, 9.17) is 10.5 Å². The molecule has 0 aliphatic rings. The molecular weight excluding hydrogens is 291 g/mol. The van der Waals surface area contributed by atoms with Crippen molar-refractivity contribution in [2.24, 2.45) is 5.73 Å². The van der Waals surface area contributed by atoms with Crippen LogP contribution < -0.4 is 11.1 Å². The quantitative estimate of drug-likeness (QED) is 0.690. The molecule has 0 saturated heterocycles.